The Morgan fingerprint density at radius 1 is 0.889 bits per heavy atom. The molecule has 0 unspecified atom stereocenters. The summed E-state index contributed by atoms with van der Waals surface area (Å²) < 4.78 is 6.24. The van der Waals surface area contributed by atoms with E-state index in [1.807, 2.05) is 0 Å². The summed E-state index contributed by atoms with van der Waals surface area (Å²) in [7, 11) is -1.65. The SMILES string of the molecule is CC[C@@H]1CC(=O)C[C@@H]1CO.CC[C@@H]1CC(=O)C[C@@H]1CO[Si](C)(C)C(C)(C)C. The van der Waals surface area contributed by atoms with Crippen LogP contribution < -0.4 is 0 Å². The molecule has 0 aliphatic heterocycles. The van der Waals surface area contributed by atoms with Gasteiger partial charge in [-0.1, -0.05) is 47.5 Å². The quantitative estimate of drug-likeness (QED) is 0.640. The minimum Gasteiger partial charge on any atom is -0.417 e. The second-order valence-electron chi connectivity index (χ2n) is 10.0. The number of Topliss-reactive ketones (excluding diaryl/α,β-unsaturated/α-hetero) is 2. The van der Waals surface area contributed by atoms with Crippen molar-refractivity contribution in [2.24, 2.45) is 23.7 Å². The van der Waals surface area contributed by atoms with Gasteiger partial charge in [0.05, 0.1) is 0 Å². The van der Waals surface area contributed by atoms with Crippen LogP contribution in [-0.4, -0.2) is 38.2 Å². The predicted molar refractivity (Wildman–Crippen MR) is 113 cm³/mol. The molecule has 27 heavy (non-hydrogen) atoms. The fourth-order valence-electron chi connectivity index (χ4n) is 3.90. The van der Waals surface area contributed by atoms with E-state index >= 15 is 0 Å². The monoisotopic (exact) mass is 398 g/mol. The number of ketones is 2. The van der Waals surface area contributed by atoms with E-state index in [1.165, 1.54) is 0 Å². The summed E-state index contributed by atoms with van der Waals surface area (Å²) in [6.45, 7) is 16.6. The molecule has 0 saturated heterocycles. The van der Waals surface area contributed by atoms with Gasteiger partial charge in [-0.05, 0) is 41.8 Å². The van der Waals surface area contributed by atoms with E-state index in [1.54, 1.807) is 0 Å². The lowest BCUT2D eigenvalue weighted by Crippen LogP contribution is -2.42. The highest BCUT2D eigenvalue weighted by atomic mass is 28.4. The van der Waals surface area contributed by atoms with Gasteiger partial charge in [-0.2, -0.15) is 0 Å². The highest BCUT2D eigenvalue weighted by Crippen LogP contribution is 2.39. The minimum absolute atomic E-state index is 0.185. The predicted octanol–water partition coefficient (Wildman–Crippen LogP) is 5.00. The van der Waals surface area contributed by atoms with E-state index in [4.69, 9.17) is 9.53 Å². The van der Waals surface area contributed by atoms with Crippen molar-refractivity contribution in [3.63, 3.8) is 0 Å². The number of rotatable bonds is 6. The molecule has 5 heteroatoms. The summed E-state index contributed by atoms with van der Waals surface area (Å²) in [5.74, 6) is 2.51. The molecule has 4 nitrogen and oxygen atoms in total. The molecule has 2 rings (SSSR count). The molecule has 2 aliphatic rings. The minimum atomic E-state index is -1.65. The molecule has 1 N–H and O–H groups in total. The van der Waals surface area contributed by atoms with Crippen LogP contribution in [0.3, 0.4) is 0 Å². The molecule has 158 valence electrons. The summed E-state index contributed by atoms with van der Waals surface area (Å²) in [6.07, 6.45) is 4.96. The van der Waals surface area contributed by atoms with Crippen molar-refractivity contribution < 1.29 is 19.1 Å². The molecule has 2 aliphatic carbocycles. The van der Waals surface area contributed by atoms with Crippen LogP contribution in [0.15, 0.2) is 0 Å². The van der Waals surface area contributed by atoms with Crippen molar-refractivity contribution in [2.75, 3.05) is 13.2 Å². The van der Waals surface area contributed by atoms with Crippen LogP contribution in [0.5, 0.6) is 0 Å². The lowest BCUT2D eigenvalue weighted by molar-refractivity contribution is -0.118. The maximum atomic E-state index is 11.5. The van der Waals surface area contributed by atoms with Gasteiger partial charge in [-0.25, -0.2) is 0 Å². The molecule has 2 fully saturated rings. The molecule has 0 radical (unpaired) electrons. The average molecular weight is 399 g/mol. The zero-order valence-electron chi connectivity index (χ0n) is 18.6. The summed E-state index contributed by atoms with van der Waals surface area (Å²) in [5, 5.41) is 9.09. The smallest absolute Gasteiger partial charge is 0.191 e. The highest BCUT2D eigenvalue weighted by Gasteiger charge is 2.39. The van der Waals surface area contributed by atoms with E-state index in [9.17, 15) is 9.59 Å². The molecule has 2 saturated carbocycles. The standard InChI is InChI=1S/C14H28O2Si.C8H14O2/c1-7-11-8-13(15)9-12(11)10-16-17(5,6)14(2,3)4;1-2-6-3-8(10)4-7(6)5-9/h11-12H,7-10H2,1-6H3;6-7,9H,2-5H2,1H3/t11-,12-;6-,7-/m11/s1. The second kappa shape index (κ2) is 10.3. The van der Waals surface area contributed by atoms with E-state index in [-0.39, 0.29) is 17.6 Å². The van der Waals surface area contributed by atoms with Crippen molar-refractivity contribution >= 4 is 19.9 Å². The molecular weight excluding hydrogens is 356 g/mol. The third kappa shape index (κ3) is 7.10. The van der Waals surface area contributed by atoms with Crippen molar-refractivity contribution in [1.82, 2.24) is 0 Å². The summed E-state index contributed by atoms with van der Waals surface area (Å²) in [5.41, 5.74) is 0. The Hall–Kier alpha value is -0.523. The lowest BCUT2D eigenvalue weighted by Gasteiger charge is -2.37. The van der Waals surface area contributed by atoms with Crippen LogP contribution in [0.4, 0.5) is 0 Å². The summed E-state index contributed by atoms with van der Waals surface area (Å²) >= 11 is 0. The molecule has 4 atom stereocenters. The molecule has 0 aromatic carbocycles. The van der Waals surface area contributed by atoms with Gasteiger partial charge < -0.3 is 9.53 Å². The molecular formula is C22H42O4Si. The molecule has 0 spiro atoms. The van der Waals surface area contributed by atoms with Crippen LogP contribution in [0, 0.1) is 23.7 Å². The van der Waals surface area contributed by atoms with Crippen LogP contribution in [0.25, 0.3) is 0 Å². The van der Waals surface area contributed by atoms with Crippen LogP contribution >= 0.6 is 0 Å². The Morgan fingerprint density at radius 2 is 1.30 bits per heavy atom. The van der Waals surface area contributed by atoms with Crippen LogP contribution in [-0.2, 0) is 14.0 Å². The fourth-order valence-corrected chi connectivity index (χ4v) is 4.96. The number of aliphatic hydroxyl groups is 1. The second-order valence-corrected chi connectivity index (χ2v) is 14.8. The first-order chi connectivity index (χ1) is 12.4. The Labute approximate surface area is 167 Å². The van der Waals surface area contributed by atoms with Crippen molar-refractivity contribution in [2.45, 2.75) is 91.3 Å². The first-order valence-electron chi connectivity index (χ1n) is 10.7. The van der Waals surface area contributed by atoms with E-state index in [2.05, 4.69) is 47.7 Å². The number of hydrogen-bond donors (Lipinski definition) is 1. The van der Waals surface area contributed by atoms with Gasteiger partial charge in [0.25, 0.3) is 0 Å². The van der Waals surface area contributed by atoms with Crippen LogP contribution in [0.2, 0.25) is 18.1 Å². The average Bonchev–Trinajstić information content (AvgIpc) is 3.13. The molecule has 0 bridgehead atoms. The van der Waals surface area contributed by atoms with Gasteiger partial charge in [0.15, 0.2) is 8.32 Å². The number of aliphatic hydroxyl groups excluding tert-OH is 1. The number of hydrogen-bond acceptors (Lipinski definition) is 4. The summed E-state index contributed by atoms with van der Waals surface area (Å²) in [4.78, 5) is 22.4. The topological polar surface area (TPSA) is 63.6 Å². The van der Waals surface area contributed by atoms with Gasteiger partial charge >= 0.3 is 0 Å². The number of carbonyl (C=O) groups is 2. The summed E-state index contributed by atoms with van der Waals surface area (Å²) in [6, 6.07) is 0. The van der Waals surface area contributed by atoms with Crippen molar-refractivity contribution in [1.29, 1.82) is 0 Å². The van der Waals surface area contributed by atoms with Gasteiger partial charge in [-0.3, -0.25) is 9.59 Å². The normalized spacial score (nSPS) is 29.0. The third-order valence-corrected chi connectivity index (χ3v) is 11.5. The maximum absolute atomic E-state index is 11.5. The van der Waals surface area contributed by atoms with Crippen LogP contribution in [0.1, 0.15) is 73.1 Å². The van der Waals surface area contributed by atoms with Gasteiger partial charge in [0.1, 0.15) is 11.6 Å². The zero-order chi connectivity index (χ0) is 20.8. The molecule has 0 heterocycles. The highest BCUT2D eigenvalue weighted by molar-refractivity contribution is 6.74. The number of carbonyl (C=O) groups excluding carboxylic acids is 2. The van der Waals surface area contributed by atoms with Crippen molar-refractivity contribution in [3.05, 3.63) is 0 Å². The third-order valence-electron chi connectivity index (χ3n) is 7.04. The van der Waals surface area contributed by atoms with E-state index in [0.717, 1.165) is 32.3 Å². The van der Waals surface area contributed by atoms with Gasteiger partial charge in [0.2, 0.25) is 0 Å². The van der Waals surface area contributed by atoms with E-state index < -0.39 is 8.32 Å². The Kier molecular flexibility index (Phi) is 9.36. The molecule has 0 aromatic rings. The lowest BCUT2D eigenvalue weighted by atomic mass is 9.95. The largest absolute Gasteiger partial charge is 0.417 e. The molecule has 0 aromatic heterocycles. The maximum Gasteiger partial charge on any atom is 0.191 e. The first kappa shape index (κ1) is 24.5. The zero-order valence-corrected chi connectivity index (χ0v) is 19.6. The Bertz CT molecular complexity index is 481. The molecule has 0 amide bonds. The Morgan fingerprint density at radius 3 is 1.67 bits per heavy atom. The van der Waals surface area contributed by atoms with Gasteiger partial charge in [0, 0.05) is 38.9 Å². The van der Waals surface area contributed by atoms with E-state index in [0.29, 0.717) is 42.2 Å². The Balaban J connectivity index is 0.000000309. The van der Waals surface area contributed by atoms with Crippen molar-refractivity contribution in [3.8, 4) is 0 Å². The van der Waals surface area contributed by atoms with Gasteiger partial charge in [-0.15, -0.1) is 0 Å². The fraction of sp³-hybridized carbons (Fsp3) is 0.909. The first-order valence-corrected chi connectivity index (χ1v) is 13.6.